The molecule has 0 rings (SSSR count). The van der Waals surface area contributed by atoms with E-state index in [1.54, 1.807) is 0 Å². The van der Waals surface area contributed by atoms with E-state index in [0.29, 0.717) is 12.8 Å². The van der Waals surface area contributed by atoms with Gasteiger partial charge >= 0.3 is 11.9 Å². The third kappa shape index (κ3) is 62.9. The van der Waals surface area contributed by atoms with Crippen molar-refractivity contribution in [2.45, 2.75) is 392 Å². The maximum absolute atomic E-state index is 12.3. The van der Waals surface area contributed by atoms with Gasteiger partial charge in [0.1, 0.15) is 6.61 Å². The average Bonchev–Trinajstić information content (AvgIpc) is 3.40. The number of esters is 2. The first-order valence-corrected chi connectivity index (χ1v) is 33.9. The van der Waals surface area contributed by atoms with Crippen LogP contribution in [-0.4, -0.2) is 36.4 Å². The van der Waals surface area contributed by atoms with Gasteiger partial charge in [0.15, 0.2) is 6.10 Å². The molecule has 5 heteroatoms. The first-order chi connectivity index (χ1) is 36.6. The number of allylic oxidation sites excluding steroid dienone is 4. The molecule has 0 aliphatic carbocycles. The van der Waals surface area contributed by atoms with Gasteiger partial charge in [-0.1, -0.05) is 353 Å². The van der Waals surface area contributed by atoms with Crippen molar-refractivity contribution in [2.75, 3.05) is 13.2 Å². The SMILES string of the molecule is CCCCCCC/C=C\C/C=C\CCCCCCCCCCCC(=O)OC(CO)COC(=O)CCCCCCCCCCCCCCCCCCCCCCCCCCCCCCCCCCCCCCCCC. The lowest BCUT2D eigenvalue weighted by molar-refractivity contribution is -0.161. The Bertz CT molecular complexity index is 1130. The fourth-order valence-electron chi connectivity index (χ4n) is 10.7. The van der Waals surface area contributed by atoms with Crippen LogP contribution in [0.1, 0.15) is 386 Å². The monoisotopic (exact) mass is 1040 g/mol. The number of unbranched alkanes of at least 4 members (excludes halogenated alkanes) is 52. The molecule has 0 saturated carbocycles. The van der Waals surface area contributed by atoms with Gasteiger partial charge in [0.25, 0.3) is 0 Å². The number of rotatable bonds is 64. The van der Waals surface area contributed by atoms with Gasteiger partial charge in [0.2, 0.25) is 0 Å². The lowest BCUT2D eigenvalue weighted by atomic mass is 10.0. The highest BCUT2D eigenvalue weighted by Crippen LogP contribution is 2.19. The van der Waals surface area contributed by atoms with Crippen LogP contribution in [0, 0.1) is 0 Å². The molecule has 0 aliphatic heterocycles. The molecular weight excluding hydrogens is 909 g/mol. The molecule has 1 N–H and O–H groups in total. The Balaban J connectivity index is 3.35. The predicted molar refractivity (Wildman–Crippen MR) is 325 cm³/mol. The number of hydrogen-bond donors (Lipinski definition) is 1. The molecule has 438 valence electrons. The van der Waals surface area contributed by atoms with Crippen molar-refractivity contribution >= 4 is 11.9 Å². The molecule has 0 aliphatic rings. The predicted octanol–water partition coefficient (Wildman–Crippen LogP) is 23.2. The maximum Gasteiger partial charge on any atom is 0.306 e. The molecule has 0 bridgehead atoms. The summed E-state index contributed by atoms with van der Waals surface area (Å²) in [6.07, 6.45) is 85.1. The average molecular weight is 1040 g/mol. The van der Waals surface area contributed by atoms with E-state index in [-0.39, 0.29) is 25.2 Å². The molecule has 0 spiro atoms. The summed E-state index contributed by atoms with van der Waals surface area (Å²) >= 11 is 0. The standard InChI is InChI=1S/C69H132O5/c1-3-5-7-9-11-13-15-17-19-21-23-25-26-27-28-29-30-31-32-33-34-35-36-37-38-39-40-41-42-44-45-47-49-51-53-55-57-59-61-63-68(71)73-66-67(65-70)74-69(72)64-62-60-58-56-54-52-50-48-46-43-24-22-20-18-16-14-12-10-8-6-4-2/h16,18,22,24,67,70H,3-15,17,19-21,23,25-66H2,1-2H3/b18-16-,24-22-. The lowest BCUT2D eigenvalue weighted by Crippen LogP contribution is -2.28. The fraction of sp³-hybridized carbons (Fsp3) is 0.913. The second kappa shape index (κ2) is 65.7. The van der Waals surface area contributed by atoms with E-state index in [1.807, 2.05) is 0 Å². The van der Waals surface area contributed by atoms with Crippen molar-refractivity contribution in [3.05, 3.63) is 24.3 Å². The van der Waals surface area contributed by atoms with Crippen molar-refractivity contribution in [1.29, 1.82) is 0 Å². The summed E-state index contributed by atoms with van der Waals surface area (Å²) in [4.78, 5) is 24.6. The quantitative estimate of drug-likeness (QED) is 0.0373. The van der Waals surface area contributed by atoms with Crippen molar-refractivity contribution in [3.8, 4) is 0 Å². The van der Waals surface area contributed by atoms with E-state index in [9.17, 15) is 14.7 Å². The molecule has 1 unspecified atom stereocenters. The van der Waals surface area contributed by atoms with Gasteiger partial charge in [-0.25, -0.2) is 0 Å². The second-order valence-electron chi connectivity index (χ2n) is 23.3. The van der Waals surface area contributed by atoms with E-state index in [4.69, 9.17) is 9.47 Å². The van der Waals surface area contributed by atoms with Crippen LogP contribution in [-0.2, 0) is 19.1 Å². The molecule has 0 aromatic heterocycles. The molecule has 1 atom stereocenters. The van der Waals surface area contributed by atoms with E-state index < -0.39 is 6.10 Å². The molecule has 0 heterocycles. The Labute approximate surface area is 464 Å². The highest BCUT2D eigenvalue weighted by Gasteiger charge is 2.16. The summed E-state index contributed by atoms with van der Waals surface area (Å²) in [6, 6.07) is 0. The smallest absolute Gasteiger partial charge is 0.306 e. The van der Waals surface area contributed by atoms with Gasteiger partial charge in [0, 0.05) is 12.8 Å². The van der Waals surface area contributed by atoms with Crippen LogP contribution < -0.4 is 0 Å². The molecule has 74 heavy (non-hydrogen) atoms. The Morgan fingerprint density at radius 2 is 0.541 bits per heavy atom. The summed E-state index contributed by atoms with van der Waals surface area (Å²) < 4.78 is 10.7. The Kier molecular flexibility index (Phi) is 64.2. The normalized spacial score (nSPS) is 12.2. The number of aliphatic hydroxyl groups is 1. The number of aliphatic hydroxyl groups excluding tert-OH is 1. The Morgan fingerprint density at radius 3 is 0.797 bits per heavy atom. The van der Waals surface area contributed by atoms with Gasteiger partial charge in [-0.2, -0.15) is 0 Å². The van der Waals surface area contributed by atoms with E-state index in [1.165, 1.54) is 321 Å². The molecule has 0 radical (unpaired) electrons. The van der Waals surface area contributed by atoms with E-state index in [0.717, 1.165) is 38.5 Å². The first kappa shape index (κ1) is 72.4. The zero-order valence-electron chi connectivity index (χ0n) is 50.4. The van der Waals surface area contributed by atoms with Crippen molar-refractivity contribution in [3.63, 3.8) is 0 Å². The third-order valence-electron chi connectivity index (χ3n) is 15.7. The molecule has 0 aromatic rings. The summed E-state index contributed by atoms with van der Waals surface area (Å²) in [5.41, 5.74) is 0. The minimum Gasteiger partial charge on any atom is -0.462 e. The van der Waals surface area contributed by atoms with Crippen molar-refractivity contribution in [1.82, 2.24) is 0 Å². The molecule has 0 aromatic carbocycles. The van der Waals surface area contributed by atoms with E-state index >= 15 is 0 Å². The Hall–Kier alpha value is -1.62. The molecule has 0 fully saturated rings. The summed E-state index contributed by atoms with van der Waals surface area (Å²) in [6.45, 7) is 4.19. The number of carbonyl (C=O) groups is 2. The molecule has 0 saturated heterocycles. The minimum atomic E-state index is -0.772. The van der Waals surface area contributed by atoms with Crippen LogP contribution in [0.2, 0.25) is 0 Å². The maximum atomic E-state index is 12.3. The zero-order valence-corrected chi connectivity index (χ0v) is 50.4. The van der Waals surface area contributed by atoms with E-state index in [2.05, 4.69) is 38.2 Å². The summed E-state index contributed by atoms with van der Waals surface area (Å²) in [5.74, 6) is -0.574. The van der Waals surface area contributed by atoms with Crippen LogP contribution in [0.4, 0.5) is 0 Å². The topological polar surface area (TPSA) is 72.8 Å². The molecule has 0 amide bonds. The van der Waals surface area contributed by atoms with Gasteiger partial charge in [-0.3, -0.25) is 9.59 Å². The minimum absolute atomic E-state index is 0.0618. The highest BCUT2D eigenvalue weighted by molar-refractivity contribution is 5.70. The number of ether oxygens (including phenoxy) is 2. The van der Waals surface area contributed by atoms with Gasteiger partial charge < -0.3 is 14.6 Å². The van der Waals surface area contributed by atoms with Gasteiger partial charge in [-0.15, -0.1) is 0 Å². The lowest BCUT2D eigenvalue weighted by Gasteiger charge is -2.15. The zero-order chi connectivity index (χ0) is 53.4. The Morgan fingerprint density at radius 1 is 0.311 bits per heavy atom. The van der Waals surface area contributed by atoms with Crippen LogP contribution >= 0.6 is 0 Å². The van der Waals surface area contributed by atoms with Crippen molar-refractivity contribution in [2.24, 2.45) is 0 Å². The van der Waals surface area contributed by atoms with Crippen molar-refractivity contribution < 1.29 is 24.2 Å². The first-order valence-electron chi connectivity index (χ1n) is 33.9. The van der Waals surface area contributed by atoms with Gasteiger partial charge in [0.05, 0.1) is 6.61 Å². The van der Waals surface area contributed by atoms with Crippen LogP contribution in [0.25, 0.3) is 0 Å². The molecular formula is C69H132O5. The van der Waals surface area contributed by atoms with Crippen LogP contribution in [0.15, 0.2) is 24.3 Å². The number of hydrogen-bond acceptors (Lipinski definition) is 5. The van der Waals surface area contributed by atoms with Crippen LogP contribution in [0.5, 0.6) is 0 Å². The number of carbonyl (C=O) groups excluding carboxylic acids is 2. The third-order valence-corrected chi connectivity index (χ3v) is 15.7. The second-order valence-corrected chi connectivity index (χ2v) is 23.3. The van der Waals surface area contributed by atoms with Crippen LogP contribution in [0.3, 0.4) is 0 Å². The highest BCUT2D eigenvalue weighted by atomic mass is 16.6. The fourth-order valence-corrected chi connectivity index (χ4v) is 10.7. The summed E-state index contributed by atoms with van der Waals surface area (Å²) in [5, 5.41) is 9.67. The largest absolute Gasteiger partial charge is 0.462 e. The molecule has 5 nitrogen and oxygen atoms in total. The summed E-state index contributed by atoms with van der Waals surface area (Å²) in [7, 11) is 0. The van der Waals surface area contributed by atoms with Gasteiger partial charge in [-0.05, 0) is 44.9 Å².